The van der Waals surface area contributed by atoms with E-state index in [9.17, 15) is 9.59 Å². The molecule has 1 rings (SSSR count). The smallest absolute Gasteiger partial charge is 0.314 e. The number of Topliss-reactive ketones (excluding diaryl/α,β-unsaturated/α-hetero) is 1. The van der Waals surface area contributed by atoms with Crippen LogP contribution in [-0.2, 0) is 35.8 Å². The molecule has 60 valence electrons. The third-order valence-corrected chi connectivity index (χ3v) is 1.85. The summed E-state index contributed by atoms with van der Waals surface area (Å²) in [4.78, 5) is 21.2. The van der Waals surface area contributed by atoms with Crippen LogP contribution >= 0.6 is 0 Å². The number of carboxylic acids is 1. The number of ketones is 1. The molecule has 3 nitrogen and oxygen atoms in total. The first-order chi connectivity index (χ1) is 4.72. The van der Waals surface area contributed by atoms with Crippen LogP contribution in [0, 0.1) is 5.92 Å². The maximum Gasteiger partial charge on any atom is 0.314 e. The molecule has 0 saturated heterocycles. The standard InChI is InChI=1S/C7H10O3.Zr/c8-6-4-2-1-3-5(6)7(9)10;/h5H,1-4H2,(H,9,10);. The number of carbonyl (C=O) groups excluding carboxylic acids is 1. The molecule has 0 bridgehead atoms. The van der Waals surface area contributed by atoms with Crippen molar-refractivity contribution in [3.05, 3.63) is 0 Å². The molecule has 1 N–H and O–H groups in total. The van der Waals surface area contributed by atoms with Crippen LogP contribution in [0.25, 0.3) is 0 Å². The fourth-order valence-electron chi connectivity index (χ4n) is 1.24. The van der Waals surface area contributed by atoms with Crippen LogP contribution < -0.4 is 0 Å². The largest absolute Gasteiger partial charge is 0.481 e. The van der Waals surface area contributed by atoms with E-state index < -0.39 is 11.9 Å². The summed E-state index contributed by atoms with van der Waals surface area (Å²) in [6, 6.07) is 0. The summed E-state index contributed by atoms with van der Waals surface area (Å²) in [6.45, 7) is 0. The van der Waals surface area contributed by atoms with Crippen LogP contribution in [-0.4, -0.2) is 16.9 Å². The summed E-state index contributed by atoms with van der Waals surface area (Å²) >= 11 is 0. The van der Waals surface area contributed by atoms with Crippen molar-refractivity contribution in [1.82, 2.24) is 0 Å². The van der Waals surface area contributed by atoms with Crippen molar-refractivity contribution in [2.75, 3.05) is 0 Å². The molecule has 0 aromatic rings. The first kappa shape index (κ1) is 11.0. The van der Waals surface area contributed by atoms with Crippen LogP contribution in [0.1, 0.15) is 25.7 Å². The Hall–Kier alpha value is 0.0231. The van der Waals surface area contributed by atoms with Crippen molar-refractivity contribution in [3.63, 3.8) is 0 Å². The third-order valence-electron chi connectivity index (χ3n) is 1.85. The van der Waals surface area contributed by atoms with E-state index in [1.165, 1.54) is 0 Å². The number of carbonyl (C=O) groups is 2. The van der Waals surface area contributed by atoms with Crippen molar-refractivity contribution in [1.29, 1.82) is 0 Å². The van der Waals surface area contributed by atoms with E-state index >= 15 is 0 Å². The van der Waals surface area contributed by atoms with Crippen molar-refractivity contribution >= 4 is 11.8 Å². The van der Waals surface area contributed by atoms with E-state index in [1.807, 2.05) is 0 Å². The maximum atomic E-state index is 10.9. The van der Waals surface area contributed by atoms with E-state index in [2.05, 4.69) is 0 Å². The van der Waals surface area contributed by atoms with E-state index in [0.29, 0.717) is 12.8 Å². The second-order valence-electron chi connectivity index (χ2n) is 2.60. The van der Waals surface area contributed by atoms with Gasteiger partial charge in [-0.25, -0.2) is 0 Å². The van der Waals surface area contributed by atoms with Gasteiger partial charge in [0, 0.05) is 32.6 Å². The minimum absolute atomic E-state index is 0. The quantitative estimate of drug-likeness (QED) is 0.683. The molecule has 1 aliphatic rings. The summed E-state index contributed by atoms with van der Waals surface area (Å²) in [6.07, 6.45) is 2.73. The molecule has 0 heterocycles. The summed E-state index contributed by atoms with van der Waals surface area (Å²) in [5, 5.41) is 8.49. The molecule has 0 amide bonds. The summed E-state index contributed by atoms with van der Waals surface area (Å²) in [7, 11) is 0. The molecule has 0 aromatic carbocycles. The Bertz CT molecular complexity index is 167. The SMILES string of the molecule is O=C(O)C1CCCCC1=O.[Zr]. The van der Waals surface area contributed by atoms with Crippen LogP contribution in [0.2, 0.25) is 0 Å². The second kappa shape index (κ2) is 4.81. The van der Waals surface area contributed by atoms with E-state index in [4.69, 9.17) is 5.11 Å². The Morgan fingerprint density at radius 2 is 2.09 bits per heavy atom. The van der Waals surface area contributed by atoms with Gasteiger partial charge in [0.05, 0.1) is 0 Å². The molecule has 1 saturated carbocycles. The van der Waals surface area contributed by atoms with E-state index in [0.717, 1.165) is 12.8 Å². The van der Waals surface area contributed by atoms with Gasteiger partial charge in [-0.05, 0) is 12.8 Å². The van der Waals surface area contributed by atoms with Gasteiger partial charge in [0.15, 0.2) is 0 Å². The Kier molecular flexibility index (Phi) is 4.82. The number of aliphatic carboxylic acids is 1. The Labute approximate surface area is 84.3 Å². The van der Waals surface area contributed by atoms with Gasteiger partial charge in [-0.15, -0.1) is 0 Å². The van der Waals surface area contributed by atoms with Crippen LogP contribution in [0.3, 0.4) is 0 Å². The van der Waals surface area contributed by atoms with Gasteiger partial charge in [-0.1, -0.05) is 6.42 Å². The van der Waals surface area contributed by atoms with Crippen LogP contribution in [0.5, 0.6) is 0 Å². The first-order valence-electron chi connectivity index (χ1n) is 3.47. The predicted molar refractivity (Wildman–Crippen MR) is 34.6 cm³/mol. The molecule has 1 aliphatic carbocycles. The zero-order valence-corrected chi connectivity index (χ0v) is 8.63. The normalized spacial score (nSPS) is 24.0. The van der Waals surface area contributed by atoms with Gasteiger partial charge >= 0.3 is 5.97 Å². The fraction of sp³-hybridized carbons (Fsp3) is 0.714. The number of carboxylic acid groups (broad SMARTS) is 1. The van der Waals surface area contributed by atoms with E-state index in [-0.39, 0.29) is 32.0 Å². The van der Waals surface area contributed by atoms with E-state index in [1.54, 1.807) is 0 Å². The minimum atomic E-state index is -0.954. The molecule has 0 radical (unpaired) electrons. The molecule has 0 aliphatic heterocycles. The zero-order valence-electron chi connectivity index (χ0n) is 6.17. The fourth-order valence-corrected chi connectivity index (χ4v) is 1.24. The Balaban J connectivity index is 0.000001000. The molecule has 4 heteroatoms. The molecular weight excluding hydrogens is 223 g/mol. The Morgan fingerprint density at radius 1 is 1.45 bits per heavy atom. The summed E-state index contributed by atoms with van der Waals surface area (Å²) < 4.78 is 0. The molecule has 1 atom stereocenters. The zero-order chi connectivity index (χ0) is 7.56. The first-order valence-corrected chi connectivity index (χ1v) is 3.47. The molecule has 1 fully saturated rings. The molecule has 1 unspecified atom stereocenters. The Morgan fingerprint density at radius 3 is 2.45 bits per heavy atom. The summed E-state index contributed by atoms with van der Waals surface area (Å²) in [5.74, 6) is -1.75. The van der Waals surface area contributed by atoms with Crippen molar-refractivity contribution in [3.8, 4) is 0 Å². The van der Waals surface area contributed by atoms with Gasteiger partial charge in [-0.3, -0.25) is 9.59 Å². The molecular formula is C7H10O3Zr. The van der Waals surface area contributed by atoms with Gasteiger partial charge in [0.1, 0.15) is 11.7 Å². The number of hydrogen-bond acceptors (Lipinski definition) is 2. The monoisotopic (exact) mass is 232 g/mol. The average Bonchev–Trinajstić information content (AvgIpc) is 1.88. The second-order valence-corrected chi connectivity index (χ2v) is 2.60. The minimum Gasteiger partial charge on any atom is -0.481 e. The topological polar surface area (TPSA) is 54.4 Å². The molecule has 0 aromatic heterocycles. The molecule has 11 heavy (non-hydrogen) atoms. The van der Waals surface area contributed by atoms with Gasteiger partial charge < -0.3 is 5.11 Å². The van der Waals surface area contributed by atoms with Crippen molar-refractivity contribution < 1.29 is 40.9 Å². The maximum absolute atomic E-state index is 10.9. The van der Waals surface area contributed by atoms with Gasteiger partial charge in [-0.2, -0.15) is 0 Å². The van der Waals surface area contributed by atoms with Gasteiger partial charge in [0.25, 0.3) is 0 Å². The average molecular weight is 233 g/mol. The summed E-state index contributed by atoms with van der Waals surface area (Å²) in [5.41, 5.74) is 0. The third kappa shape index (κ3) is 2.86. The predicted octanol–water partition coefficient (Wildman–Crippen LogP) is 0.828. The van der Waals surface area contributed by atoms with Gasteiger partial charge in [0.2, 0.25) is 0 Å². The number of rotatable bonds is 1. The molecule has 0 spiro atoms. The number of hydrogen-bond donors (Lipinski definition) is 1. The van der Waals surface area contributed by atoms with Crippen LogP contribution in [0.15, 0.2) is 0 Å². The van der Waals surface area contributed by atoms with Crippen molar-refractivity contribution in [2.24, 2.45) is 5.92 Å². The van der Waals surface area contributed by atoms with Crippen LogP contribution in [0.4, 0.5) is 0 Å². The van der Waals surface area contributed by atoms with Crippen molar-refractivity contribution in [2.45, 2.75) is 25.7 Å².